The van der Waals surface area contributed by atoms with Crippen LogP contribution in [0.25, 0.3) is 6.08 Å². The normalized spacial score (nSPS) is 15.2. The van der Waals surface area contributed by atoms with Crippen molar-refractivity contribution in [2.45, 2.75) is 11.8 Å². The molecule has 0 bridgehead atoms. The Labute approximate surface area is 187 Å². The molecule has 32 heavy (non-hydrogen) atoms. The molecule has 1 saturated heterocycles. The first-order valence-corrected chi connectivity index (χ1v) is 11.2. The Balaban J connectivity index is 1.78. The number of carbonyl (C=O) groups is 4. The first-order chi connectivity index (χ1) is 15.0. The van der Waals surface area contributed by atoms with Crippen LogP contribution in [-0.2, 0) is 24.5 Å². The third kappa shape index (κ3) is 5.53. The first kappa shape index (κ1) is 23.0. The van der Waals surface area contributed by atoms with Crippen molar-refractivity contribution in [2.24, 2.45) is 5.73 Å². The summed E-state index contributed by atoms with van der Waals surface area (Å²) >= 11 is 0.642. The minimum absolute atomic E-state index is 0.0129. The van der Waals surface area contributed by atoms with E-state index in [1.165, 1.54) is 55.5 Å². The average molecular weight is 476 g/mol. The fourth-order valence-corrected chi connectivity index (χ4v) is 4.44. The highest BCUT2D eigenvalue weighted by molar-refractivity contribution is 8.18. The molecular formula is C20H17N3O7S2. The smallest absolute Gasteiger partial charge is 0.339 e. The molecule has 0 atom stereocenters. The number of primary amides is 1. The molecular weight excluding hydrogens is 458 g/mol. The summed E-state index contributed by atoms with van der Waals surface area (Å²) in [6, 6.07) is 11.3. The summed E-state index contributed by atoms with van der Waals surface area (Å²) in [5.41, 5.74) is 5.88. The molecule has 0 spiro atoms. The van der Waals surface area contributed by atoms with Crippen LogP contribution in [0.1, 0.15) is 12.5 Å². The third-order valence-electron chi connectivity index (χ3n) is 4.01. The highest BCUT2D eigenvalue weighted by Gasteiger charge is 2.35. The van der Waals surface area contributed by atoms with Gasteiger partial charge in [-0.1, -0.05) is 12.1 Å². The Morgan fingerprint density at radius 1 is 1.16 bits per heavy atom. The highest BCUT2D eigenvalue weighted by Crippen LogP contribution is 2.32. The zero-order valence-electron chi connectivity index (χ0n) is 16.6. The summed E-state index contributed by atoms with van der Waals surface area (Å²) in [4.78, 5) is 47.0. The van der Waals surface area contributed by atoms with Crippen LogP contribution < -0.4 is 15.2 Å². The van der Waals surface area contributed by atoms with Crippen molar-refractivity contribution >= 4 is 56.6 Å². The van der Waals surface area contributed by atoms with E-state index < -0.39 is 33.7 Å². The standard InChI is InChI=1S/C20H17N3O7S2/c1-12(24)22-14-5-7-16(8-6-14)32(28,29)30-15-4-2-3-13(9-15)10-17-19(26)23(11-18(21)25)20(27)31-17/h2-10H,11H2,1H3,(H2,21,25)(H,22,24)/b17-10-. The number of rotatable bonds is 7. The van der Waals surface area contributed by atoms with Crippen LogP contribution >= 0.6 is 11.8 Å². The molecule has 3 rings (SSSR count). The van der Waals surface area contributed by atoms with Crippen molar-refractivity contribution in [3.8, 4) is 5.75 Å². The summed E-state index contributed by atoms with van der Waals surface area (Å²) in [6.45, 7) is 0.809. The number of hydrogen-bond donors (Lipinski definition) is 2. The molecule has 10 nitrogen and oxygen atoms in total. The second kappa shape index (κ2) is 9.24. The monoisotopic (exact) mass is 475 g/mol. The van der Waals surface area contributed by atoms with E-state index in [0.29, 0.717) is 23.0 Å². The molecule has 0 saturated carbocycles. The van der Waals surface area contributed by atoms with E-state index in [1.54, 1.807) is 6.07 Å². The van der Waals surface area contributed by atoms with E-state index in [4.69, 9.17) is 9.92 Å². The Kier molecular flexibility index (Phi) is 6.65. The van der Waals surface area contributed by atoms with E-state index in [9.17, 15) is 27.6 Å². The largest absolute Gasteiger partial charge is 0.379 e. The van der Waals surface area contributed by atoms with Gasteiger partial charge in [0.2, 0.25) is 11.8 Å². The van der Waals surface area contributed by atoms with Gasteiger partial charge in [-0.3, -0.25) is 24.1 Å². The number of carbonyl (C=O) groups excluding carboxylic acids is 4. The topological polar surface area (TPSA) is 153 Å². The molecule has 166 valence electrons. The van der Waals surface area contributed by atoms with Crippen LogP contribution in [0.4, 0.5) is 10.5 Å². The average Bonchev–Trinajstić information content (AvgIpc) is 2.95. The van der Waals surface area contributed by atoms with Gasteiger partial charge < -0.3 is 15.2 Å². The SMILES string of the molecule is CC(=O)Nc1ccc(S(=O)(=O)Oc2cccc(/C=C3\SC(=O)N(CC(N)=O)C3=O)c2)cc1. The Bertz CT molecular complexity index is 1240. The van der Waals surface area contributed by atoms with Crippen LogP contribution in [0.15, 0.2) is 58.3 Å². The zero-order valence-corrected chi connectivity index (χ0v) is 18.2. The maximum atomic E-state index is 12.6. The minimum Gasteiger partial charge on any atom is -0.379 e. The molecule has 4 amide bonds. The molecule has 2 aromatic rings. The number of nitrogens with one attached hydrogen (secondary N) is 1. The number of nitrogens with zero attached hydrogens (tertiary/aromatic N) is 1. The summed E-state index contributed by atoms with van der Waals surface area (Å²) in [6.07, 6.45) is 1.38. The maximum Gasteiger partial charge on any atom is 0.339 e. The van der Waals surface area contributed by atoms with Crippen molar-refractivity contribution in [3.63, 3.8) is 0 Å². The van der Waals surface area contributed by atoms with Gasteiger partial charge in [-0.25, -0.2) is 0 Å². The van der Waals surface area contributed by atoms with Crippen molar-refractivity contribution in [3.05, 3.63) is 59.0 Å². The zero-order chi connectivity index (χ0) is 23.5. The highest BCUT2D eigenvalue weighted by atomic mass is 32.2. The lowest BCUT2D eigenvalue weighted by atomic mass is 10.2. The lowest BCUT2D eigenvalue weighted by molar-refractivity contribution is -0.127. The van der Waals surface area contributed by atoms with Crippen LogP contribution in [0.5, 0.6) is 5.75 Å². The molecule has 0 unspecified atom stereocenters. The molecule has 1 heterocycles. The van der Waals surface area contributed by atoms with Crippen molar-refractivity contribution < 1.29 is 31.8 Å². The van der Waals surface area contributed by atoms with Gasteiger partial charge in [0, 0.05) is 12.6 Å². The van der Waals surface area contributed by atoms with Crippen molar-refractivity contribution in [1.82, 2.24) is 4.90 Å². The number of thioether (sulfide) groups is 1. The van der Waals surface area contributed by atoms with E-state index in [0.717, 1.165) is 4.90 Å². The van der Waals surface area contributed by atoms with Crippen molar-refractivity contribution in [2.75, 3.05) is 11.9 Å². The summed E-state index contributed by atoms with van der Waals surface area (Å²) in [7, 11) is -4.16. The quantitative estimate of drug-likeness (QED) is 0.455. The van der Waals surface area contributed by atoms with Gasteiger partial charge in [-0.2, -0.15) is 8.42 Å². The van der Waals surface area contributed by atoms with Gasteiger partial charge in [0.15, 0.2) is 0 Å². The second-order valence-corrected chi connectivity index (χ2v) is 9.09. The van der Waals surface area contributed by atoms with E-state index >= 15 is 0 Å². The number of hydrogen-bond acceptors (Lipinski definition) is 8. The summed E-state index contributed by atoms with van der Waals surface area (Å²) in [5, 5.41) is 1.90. The maximum absolute atomic E-state index is 12.6. The number of anilines is 1. The molecule has 1 fully saturated rings. The minimum atomic E-state index is -4.16. The molecule has 3 N–H and O–H groups in total. The van der Waals surface area contributed by atoms with E-state index in [2.05, 4.69) is 5.32 Å². The third-order valence-corrected chi connectivity index (χ3v) is 6.18. The van der Waals surface area contributed by atoms with Gasteiger partial charge in [-0.15, -0.1) is 0 Å². The number of benzene rings is 2. The molecule has 0 aromatic heterocycles. The lowest BCUT2D eigenvalue weighted by Crippen LogP contribution is -2.36. The molecule has 1 aliphatic heterocycles. The van der Waals surface area contributed by atoms with Gasteiger partial charge in [0.25, 0.3) is 11.1 Å². The Morgan fingerprint density at radius 2 is 1.84 bits per heavy atom. The molecule has 12 heteroatoms. The fraction of sp³-hybridized carbons (Fsp3) is 0.100. The molecule has 0 radical (unpaired) electrons. The number of nitrogens with two attached hydrogens (primary N) is 1. The van der Waals surface area contributed by atoms with Crippen LogP contribution in [0.3, 0.4) is 0 Å². The van der Waals surface area contributed by atoms with Crippen LogP contribution in [0.2, 0.25) is 0 Å². The van der Waals surface area contributed by atoms with Crippen LogP contribution in [0, 0.1) is 0 Å². The van der Waals surface area contributed by atoms with Gasteiger partial charge in [-0.05, 0) is 59.8 Å². The molecule has 0 aliphatic carbocycles. The van der Waals surface area contributed by atoms with Gasteiger partial charge >= 0.3 is 10.1 Å². The Morgan fingerprint density at radius 3 is 2.47 bits per heavy atom. The predicted octanol–water partition coefficient (Wildman–Crippen LogP) is 1.93. The predicted molar refractivity (Wildman–Crippen MR) is 117 cm³/mol. The van der Waals surface area contributed by atoms with E-state index in [-0.39, 0.29) is 21.5 Å². The molecule has 2 aromatic carbocycles. The van der Waals surface area contributed by atoms with Gasteiger partial charge in [0.1, 0.15) is 17.2 Å². The fourth-order valence-electron chi connectivity index (χ4n) is 2.68. The lowest BCUT2D eigenvalue weighted by Gasteiger charge is -2.09. The van der Waals surface area contributed by atoms with Crippen LogP contribution in [-0.4, -0.2) is 42.8 Å². The summed E-state index contributed by atoms with van der Waals surface area (Å²) in [5.74, 6) is -1.79. The van der Waals surface area contributed by atoms with Gasteiger partial charge in [0.05, 0.1) is 4.91 Å². The number of amides is 4. The van der Waals surface area contributed by atoms with E-state index in [1.807, 2.05) is 0 Å². The molecule has 1 aliphatic rings. The summed E-state index contributed by atoms with van der Waals surface area (Å²) < 4.78 is 30.3. The Hall–Kier alpha value is -3.64. The second-order valence-electron chi connectivity index (χ2n) is 6.55. The first-order valence-electron chi connectivity index (χ1n) is 9.01. The van der Waals surface area contributed by atoms with Crippen molar-refractivity contribution in [1.29, 1.82) is 0 Å². The number of imide groups is 1.